The zero-order valence-corrected chi connectivity index (χ0v) is 10.1. The molecule has 1 atom stereocenters. The van der Waals surface area contributed by atoms with Crippen molar-refractivity contribution in [3.05, 3.63) is 0 Å². The average Bonchev–Trinajstić information content (AvgIpc) is 2.22. The molecule has 0 aliphatic heterocycles. The van der Waals surface area contributed by atoms with Crippen molar-refractivity contribution >= 4 is 0 Å². The van der Waals surface area contributed by atoms with Crippen LogP contribution >= 0.6 is 0 Å². The summed E-state index contributed by atoms with van der Waals surface area (Å²) in [4.78, 5) is 0. The van der Waals surface area contributed by atoms with Crippen LogP contribution in [0.25, 0.3) is 0 Å². The van der Waals surface area contributed by atoms with Crippen molar-refractivity contribution < 1.29 is 4.74 Å². The molecule has 0 radical (unpaired) electrons. The second-order valence-electron chi connectivity index (χ2n) is 3.97. The van der Waals surface area contributed by atoms with Gasteiger partial charge in [-0.2, -0.15) is 0 Å². The maximum Gasteiger partial charge on any atom is 0.0474 e. The van der Waals surface area contributed by atoms with Crippen molar-refractivity contribution in [2.45, 2.75) is 46.0 Å². The molecule has 0 heterocycles. The van der Waals surface area contributed by atoms with E-state index in [1.54, 1.807) is 7.11 Å². The molecule has 2 nitrogen and oxygen atoms in total. The van der Waals surface area contributed by atoms with Crippen molar-refractivity contribution in [1.29, 1.82) is 0 Å². The molecule has 0 aromatic heterocycles. The van der Waals surface area contributed by atoms with Crippen LogP contribution in [0.3, 0.4) is 0 Å². The highest BCUT2D eigenvalue weighted by Crippen LogP contribution is 2.10. The largest absolute Gasteiger partial charge is 0.385 e. The number of nitrogens with one attached hydrogen (secondary N) is 1. The number of hydrogen-bond donors (Lipinski definition) is 1. The molecule has 0 aliphatic rings. The Labute approximate surface area is 89.4 Å². The number of rotatable bonds is 10. The van der Waals surface area contributed by atoms with E-state index in [0.29, 0.717) is 0 Å². The Morgan fingerprint density at radius 1 is 1.21 bits per heavy atom. The average molecular weight is 201 g/mol. The lowest BCUT2D eigenvalue weighted by molar-refractivity contribution is 0.193. The Hall–Kier alpha value is -0.0800. The SMILES string of the molecule is CCCCC(CC)CNCCCOC. The van der Waals surface area contributed by atoms with Crippen LogP contribution in [0.15, 0.2) is 0 Å². The molecule has 0 aliphatic carbocycles. The minimum absolute atomic E-state index is 0.873. The van der Waals surface area contributed by atoms with Crippen molar-refractivity contribution in [3.8, 4) is 0 Å². The molecule has 0 spiro atoms. The summed E-state index contributed by atoms with van der Waals surface area (Å²) in [5.74, 6) is 0.873. The highest BCUT2D eigenvalue weighted by Gasteiger charge is 2.04. The molecule has 0 aromatic carbocycles. The highest BCUT2D eigenvalue weighted by molar-refractivity contribution is 4.60. The molecular formula is C12H27NO. The molecular weight excluding hydrogens is 174 g/mol. The van der Waals surface area contributed by atoms with Gasteiger partial charge in [-0.15, -0.1) is 0 Å². The number of hydrogen-bond acceptors (Lipinski definition) is 2. The maximum atomic E-state index is 5.00. The Morgan fingerprint density at radius 3 is 2.57 bits per heavy atom. The van der Waals surface area contributed by atoms with Gasteiger partial charge < -0.3 is 10.1 Å². The lowest BCUT2D eigenvalue weighted by atomic mass is 9.99. The third-order valence-electron chi connectivity index (χ3n) is 2.68. The predicted octanol–water partition coefficient (Wildman–Crippen LogP) is 2.83. The number of methoxy groups -OCH3 is 1. The summed E-state index contributed by atoms with van der Waals surface area (Å²) in [5.41, 5.74) is 0. The van der Waals surface area contributed by atoms with E-state index in [4.69, 9.17) is 4.74 Å². The van der Waals surface area contributed by atoms with Gasteiger partial charge in [0.25, 0.3) is 0 Å². The van der Waals surface area contributed by atoms with Crippen LogP contribution in [0.2, 0.25) is 0 Å². The first-order chi connectivity index (χ1) is 6.85. The Morgan fingerprint density at radius 2 is 2.00 bits per heavy atom. The molecule has 0 bridgehead atoms. The van der Waals surface area contributed by atoms with Crippen LogP contribution < -0.4 is 5.32 Å². The molecule has 0 aromatic rings. The quantitative estimate of drug-likeness (QED) is 0.549. The van der Waals surface area contributed by atoms with Gasteiger partial charge in [0.05, 0.1) is 0 Å². The second-order valence-corrected chi connectivity index (χ2v) is 3.97. The third kappa shape index (κ3) is 8.52. The first kappa shape index (κ1) is 13.9. The molecule has 1 N–H and O–H groups in total. The first-order valence-electron chi connectivity index (χ1n) is 6.04. The molecule has 0 rings (SSSR count). The van der Waals surface area contributed by atoms with Crippen LogP contribution in [0.4, 0.5) is 0 Å². The van der Waals surface area contributed by atoms with E-state index in [0.717, 1.165) is 25.5 Å². The summed E-state index contributed by atoms with van der Waals surface area (Å²) >= 11 is 0. The fourth-order valence-corrected chi connectivity index (χ4v) is 1.59. The molecule has 0 saturated carbocycles. The summed E-state index contributed by atoms with van der Waals surface area (Å²) in [6, 6.07) is 0. The third-order valence-corrected chi connectivity index (χ3v) is 2.68. The standard InChI is InChI=1S/C12H27NO/c1-4-6-8-12(5-2)11-13-9-7-10-14-3/h12-13H,4-11H2,1-3H3. The van der Waals surface area contributed by atoms with Crippen molar-refractivity contribution in [2.24, 2.45) is 5.92 Å². The van der Waals surface area contributed by atoms with Crippen molar-refractivity contribution in [3.63, 3.8) is 0 Å². The van der Waals surface area contributed by atoms with Gasteiger partial charge in [0.15, 0.2) is 0 Å². The molecule has 86 valence electrons. The summed E-state index contributed by atoms with van der Waals surface area (Å²) in [6.45, 7) is 7.70. The van der Waals surface area contributed by atoms with Crippen molar-refractivity contribution in [2.75, 3.05) is 26.8 Å². The zero-order valence-electron chi connectivity index (χ0n) is 10.1. The van der Waals surface area contributed by atoms with E-state index in [2.05, 4.69) is 19.2 Å². The Balaban J connectivity index is 3.24. The van der Waals surface area contributed by atoms with Crippen LogP contribution in [0.5, 0.6) is 0 Å². The summed E-state index contributed by atoms with van der Waals surface area (Å²) < 4.78 is 5.00. The van der Waals surface area contributed by atoms with E-state index >= 15 is 0 Å². The fraction of sp³-hybridized carbons (Fsp3) is 1.00. The monoisotopic (exact) mass is 201 g/mol. The Bertz CT molecular complexity index is 106. The highest BCUT2D eigenvalue weighted by atomic mass is 16.5. The predicted molar refractivity (Wildman–Crippen MR) is 62.7 cm³/mol. The van der Waals surface area contributed by atoms with Gasteiger partial charge in [-0.3, -0.25) is 0 Å². The summed E-state index contributed by atoms with van der Waals surface area (Å²) in [6.07, 6.45) is 6.50. The number of unbranched alkanes of at least 4 members (excludes halogenated alkanes) is 1. The van der Waals surface area contributed by atoms with Crippen LogP contribution in [-0.2, 0) is 4.74 Å². The van der Waals surface area contributed by atoms with Gasteiger partial charge in [0, 0.05) is 13.7 Å². The lowest BCUT2D eigenvalue weighted by Gasteiger charge is -2.14. The normalized spacial score (nSPS) is 13.1. The molecule has 1 unspecified atom stereocenters. The van der Waals surface area contributed by atoms with E-state index < -0.39 is 0 Å². The van der Waals surface area contributed by atoms with Gasteiger partial charge >= 0.3 is 0 Å². The minimum Gasteiger partial charge on any atom is -0.385 e. The first-order valence-corrected chi connectivity index (χ1v) is 6.04. The topological polar surface area (TPSA) is 21.3 Å². The maximum absolute atomic E-state index is 5.00. The fourth-order valence-electron chi connectivity index (χ4n) is 1.59. The molecule has 0 fully saturated rings. The molecule has 0 saturated heterocycles. The van der Waals surface area contributed by atoms with Gasteiger partial charge in [0.2, 0.25) is 0 Å². The molecule has 2 heteroatoms. The second kappa shape index (κ2) is 11.0. The molecule has 0 amide bonds. The zero-order chi connectivity index (χ0) is 10.6. The summed E-state index contributed by atoms with van der Waals surface area (Å²) in [7, 11) is 1.76. The smallest absolute Gasteiger partial charge is 0.0474 e. The van der Waals surface area contributed by atoms with Gasteiger partial charge in [-0.25, -0.2) is 0 Å². The van der Waals surface area contributed by atoms with Gasteiger partial charge in [-0.05, 0) is 31.8 Å². The minimum atomic E-state index is 0.873. The van der Waals surface area contributed by atoms with Gasteiger partial charge in [-0.1, -0.05) is 33.1 Å². The van der Waals surface area contributed by atoms with Crippen LogP contribution in [0, 0.1) is 5.92 Å². The van der Waals surface area contributed by atoms with E-state index in [1.807, 2.05) is 0 Å². The van der Waals surface area contributed by atoms with E-state index in [1.165, 1.54) is 32.2 Å². The van der Waals surface area contributed by atoms with Gasteiger partial charge in [0.1, 0.15) is 0 Å². The number of ether oxygens (including phenoxy) is 1. The van der Waals surface area contributed by atoms with Crippen LogP contribution in [-0.4, -0.2) is 26.8 Å². The lowest BCUT2D eigenvalue weighted by Crippen LogP contribution is -2.24. The van der Waals surface area contributed by atoms with Crippen molar-refractivity contribution in [1.82, 2.24) is 5.32 Å². The van der Waals surface area contributed by atoms with Crippen LogP contribution in [0.1, 0.15) is 46.0 Å². The summed E-state index contributed by atoms with van der Waals surface area (Å²) in [5, 5.41) is 3.50. The Kier molecular flexibility index (Phi) is 10.9. The van der Waals surface area contributed by atoms with E-state index in [-0.39, 0.29) is 0 Å². The molecule has 14 heavy (non-hydrogen) atoms. The van der Waals surface area contributed by atoms with E-state index in [9.17, 15) is 0 Å².